The number of hydrogen-bond donors (Lipinski definition) is 12. The van der Waals surface area contributed by atoms with Crippen LogP contribution in [0.3, 0.4) is 0 Å². The zero-order chi connectivity index (χ0) is 84.5. The van der Waals surface area contributed by atoms with Gasteiger partial charge in [0, 0.05) is 6.42 Å². The molecule has 3 aliphatic rings. The van der Waals surface area contributed by atoms with Gasteiger partial charge in [0.25, 0.3) is 0 Å². The number of unbranched alkanes of at least 4 members (excludes halogenated alkanes) is 60. The van der Waals surface area contributed by atoms with Gasteiger partial charge >= 0.3 is 0 Å². The minimum absolute atomic E-state index is 0.236. The van der Waals surface area contributed by atoms with E-state index in [4.69, 9.17) is 28.4 Å². The first-order valence-corrected chi connectivity index (χ1v) is 49.4. The predicted octanol–water partition coefficient (Wildman–Crippen LogP) is 20.3. The molecule has 0 aliphatic carbocycles. The molecule has 0 aromatic heterocycles. The molecule has 0 aromatic rings. The van der Waals surface area contributed by atoms with Gasteiger partial charge < -0.3 is 89.9 Å². The molecule has 17 atom stereocenters. The highest BCUT2D eigenvalue weighted by Crippen LogP contribution is 2.34. The van der Waals surface area contributed by atoms with E-state index in [0.717, 1.165) is 44.9 Å². The second kappa shape index (κ2) is 77.3. The maximum atomic E-state index is 13.5. The highest BCUT2D eigenvalue weighted by molar-refractivity contribution is 5.76. The van der Waals surface area contributed by atoms with Gasteiger partial charge in [-0.05, 0) is 70.6 Å². The number of ether oxygens (including phenoxy) is 6. The van der Waals surface area contributed by atoms with E-state index in [2.05, 4.69) is 55.6 Å². The van der Waals surface area contributed by atoms with Crippen LogP contribution >= 0.6 is 0 Å². The maximum absolute atomic E-state index is 13.5. The highest BCUT2D eigenvalue weighted by Gasteiger charge is 2.54. The van der Waals surface area contributed by atoms with Gasteiger partial charge in [0.2, 0.25) is 5.91 Å². The normalized spacial score (nSPS) is 24.5. The van der Waals surface area contributed by atoms with Crippen molar-refractivity contribution in [3.05, 3.63) is 48.6 Å². The summed E-state index contributed by atoms with van der Waals surface area (Å²) >= 11 is 0. The topological polar surface area (TPSA) is 307 Å². The minimum atomic E-state index is -1.98. The maximum Gasteiger partial charge on any atom is 0.220 e. The molecule has 3 aliphatic heterocycles. The van der Waals surface area contributed by atoms with Crippen LogP contribution in [0, 0.1) is 0 Å². The molecule has 0 saturated carbocycles. The lowest BCUT2D eigenvalue weighted by Gasteiger charge is -2.48. The number of allylic oxidation sites excluding steroid dienone is 7. The number of hydrogen-bond acceptors (Lipinski definition) is 18. The van der Waals surface area contributed by atoms with Gasteiger partial charge in [-0.15, -0.1) is 0 Å². The fraction of sp³-hybridized carbons (Fsp3) is 0.908. The summed E-state index contributed by atoms with van der Waals surface area (Å²) < 4.78 is 34.5. The summed E-state index contributed by atoms with van der Waals surface area (Å²) in [5.74, 6) is -0.281. The quantitative estimate of drug-likeness (QED) is 0.0199. The minimum Gasteiger partial charge on any atom is -0.394 e. The third-order valence-electron chi connectivity index (χ3n) is 24.6. The molecule has 0 bridgehead atoms. The molecule has 12 N–H and O–H groups in total. The molecular formula is C98H183NO18. The average molecular weight is 1660 g/mol. The summed E-state index contributed by atoms with van der Waals surface area (Å²) in [7, 11) is 0. The molecule has 3 heterocycles. The van der Waals surface area contributed by atoms with Crippen molar-refractivity contribution in [2.24, 2.45) is 0 Å². The zero-order valence-corrected chi connectivity index (χ0v) is 74.7. The molecular weight excluding hydrogens is 1480 g/mol. The van der Waals surface area contributed by atoms with E-state index in [1.807, 2.05) is 6.08 Å². The molecule has 1 amide bonds. The van der Waals surface area contributed by atoms with E-state index in [1.165, 1.54) is 360 Å². The van der Waals surface area contributed by atoms with Gasteiger partial charge in [-0.2, -0.15) is 0 Å². The van der Waals surface area contributed by atoms with Crippen LogP contribution in [-0.4, -0.2) is 193 Å². The van der Waals surface area contributed by atoms with Crippen LogP contribution < -0.4 is 5.32 Å². The summed E-state index contributed by atoms with van der Waals surface area (Å²) in [6.07, 6.45) is 75.9. The third kappa shape index (κ3) is 55.0. The van der Waals surface area contributed by atoms with Crippen molar-refractivity contribution in [1.82, 2.24) is 5.32 Å². The molecule has 3 saturated heterocycles. The van der Waals surface area contributed by atoms with Gasteiger partial charge in [0.1, 0.15) is 73.2 Å². The first-order valence-electron chi connectivity index (χ1n) is 49.4. The van der Waals surface area contributed by atoms with Crippen molar-refractivity contribution >= 4 is 5.91 Å². The molecule has 19 nitrogen and oxygen atoms in total. The lowest BCUT2D eigenvalue weighted by molar-refractivity contribution is -0.379. The third-order valence-corrected chi connectivity index (χ3v) is 24.6. The second-order valence-electron chi connectivity index (χ2n) is 35.2. The Balaban J connectivity index is 1.30. The van der Waals surface area contributed by atoms with Gasteiger partial charge in [0.15, 0.2) is 18.9 Å². The van der Waals surface area contributed by atoms with Crippen LogP contribution in [0.4, 0.5) is 0 Å². The van der Waals surface area contributed by atoms with E-state index in [9.17, 15) is 61.0 Å². The summed E-state index contributed by atoms with van der Waals surface area (Å²) in [5.41, 5.74) is 0. The number of amides is 1. The van der Waals surface area contributed by atoms with Crippen LogP contribution in [0.25, 0.3) is 0 Å². The molecule has 117 heavy (non-hydrogen) atoms. The zero-order valence-electron chi connectivity index (χ0n) is 74.7. The van der Waals surface area contributed by atoms with Crippen molar-refractivity contribution < 1.29 is 89.4 Å². The lowest BCUT2D eigenvalue weighted by atomic mass is 9.96. The SMILES string of the molecule is CCCCCCCCCC/C=C\CCCCCCCCCCCCCCCCCCCCCCCCCCCCCC(=O)NC(COC1OC(CO)C(OC2OC(CO)C(OC3OC(CO)C(O)C(O)C3O)C(O)C2O)C(O)C1O)C(O)/C=C/CC/C=C/CC/C=C/CCCCCCCCCCCCCCCCCCCCCCCCC. The lowest BCUT2D eigenvalue weighted by Crippen LogP contribution is -2.66. The first kappa shape index (κ1) is 109. The molecule has 3 rings (SSSR count). The van der Waals surface area contributed by atoms with Crippen LogP contribution in [-0.2, 0) is 33.2 Å². The van der Waals surface area contributed by atoms with Crippen LogP contribution in [0.15, 0.2) is 48.6 Å². The Morgan fingerprint density at radius 1 is 0.299 bits per heavy atom. The van der Waals surface area contributed by atoms with E-state index >= 15 is 0 Å². The number of aliphatic hydroxyl groups is 11. The van der Waals surface area contributed by atoms with Crippen molar-refractivity contribution in [3.63, 3.8) is 0 Å². The van der Waals surface area contributed by atoms with Gasteiger partial charge in [-0.1, -0.05) is 409 Å². The fourth-order valence-electron chi connectivity index (χ4n) is 16.8. The Labute approximate surface area is 713 Å². The number of carbonyl (C=O) groups excluding carboxylic acids is 1. The van der Waals surface area contributed by atoms with Crippen molar-refractivity contribution in [1.29, 1.82) is 0 Å². The van der Waals surface area contributed by atoms with Crippen molar-refractivity contribution in [3.8, 4) is 0 Å². The predicted molar refractivity (Wildman–Crippen MR) is 476 cm³/mol. The Hall–Kier alpha value is -2.25. The Morgan fingerprint density at radius 2 is 0.547 bits per heavy atom. The molecule has 19 heteroatoms. The van der Waals surface area contributed by atoms with E-state index < -0.39 is 124 Å². The van der Waals surface area contributed by atoms with Crippen molar-refractivity contribution in [2.75, 3.05) is 26.4 Å². The Bertz CT molecular complexity index is 2290. The number of aliphatic hydroxyl groups excluding tert-OH is 11. The summed E-state index contributed by atoms with van der Waals surface area (Å²) in [4.78, 5) is 13.5. The first-order chi connectivity index (χ1) is 57.3. The molecule has 0 radical (unpaired) electrons. The van der Waals surface area contributed by atoms with E-state index in [0.29, 0.717) is 12.8 Å². The van der Waals surface area contributed by atoms with Gasteiger partial charge in [0.05, 0.1) is 38.6 Å². The smallest absolute Gasteiger partial charge is 0.220 e. The Morgan fingerprint density at radius 3 is 0.855 bits per heavy atom. The monoisotopic (exact) mass is 1660 g/mol. The number of carbonyl (C=O) groups is 1. The molecule has 3 fully saturated rings. The largest absolute Gasteiger partial charge is 0.394 e. The number of rotatable bonds is 82. The summed E-state index contributed by atoms with van der Waals surface area (Å²) in [6, 6.07) is -0.999. The molecule has 0 spiro atoms. The highest BCUT2D eigenvalue weighted by atomic mass is 16.8. The molecule has 0 aromatic carbocycles. The molecule has 688 valence electrons. The second-order valence-corrected chi connectivity index (χ2v) is 35.2. The number of nitrogens with one attached hydrogen (secondary N) is 1. The van der Waals surface area contributed by atoms with Crippen LogP contribution in [0.5, 0.6) is 0 Å². The van der Waals surface area contributed by atoms with Crippen LogP contribution in [0.2, 0.25) is 0 Å². The van der Waals surface area contributed by atoms with E-state index in [-0.39, 0.29) is 18.9 Å². The van der Waals surface area contributed by atoms with Crippen molar-refractivity contribution in [2.45, 2.75) is 542 Å². The Kier molecular flexibility index (Phi) is 72.0. The fourth-order valence-corrected chi connectivity index (χ4v) is 16.8. The average Bonchev–Trinajstić information content (AvgIpc) is 0.777. The molecule has 17 unspecified atom stereocenters. The van der Waals surface area contributed by atoms with E-state index in [1.54, 1.807) is 6.08 Å². The van der Waals surface area contributed by atoms with Gasteiger partial charge in [-0.25, -0.2) is 0 Å². The van der Waals surface area contributed by atoms with Gasteiger partial charge in [-0.3, -0.25) is 4.79 Å². The standard InChI is InChI=1S/C98H183NO18/c1-3-5-7-9-11-13-15-17-19-21-23-25-27-29-31-33-35-37-38-39-40-41-42-44-46-48-50-52-54-56-58-60-62-64-66-68-70-72-74-76-86(104)99-81(82(103)75-73-71-69-67-65-63-61-59-57-55-53-51-49-47-45-43-36-34-32-30-28-26-24-22-20-18-16-14-12-10-8-6-4-2)80-112-96-92(110)89(107)94(84(78-101)114-96)117-98-93(111)90(108)95(85(79-102)115-98)116-97-91(109)88(106)87(105)83(77-100)113-97/h21,23,57,59,65,67,73,75,81-85,87-98,100-103,105-111H,3-20,22,24-56,58,60-64,66,68-72,74,76-80H2,1-2H3,(H,99,104)/b23-21-,59-57+,67-65+,75-73+. The van der Waals surface area contributed by atoms with Crippen LogP contribution in [0.1, 0.15) is 438 Å². The summed E-state index contributed by atoms with van der Waals surface area (Å²) in [6.45, 7) is 1.78. The summed E-state index contributed by atoms with van der Waals surface area (Å²) in [5, 5.41) is 121.